The van der Waals surface area contributed by atoms with E-state index in [4.69, 9.17) is 10.5 Å². The molecule has 1 aliphatic heterocycles. The van der Waals surface area contributed by atoms with Crippen molar-refractivity contribution in [2.24, 2.45) is 5.73 Å². The normalized spacial score (nSPS) is 20.2. The molecule has 0 aliphatic carbocycles. The minimum Gasteiger partial charge on any atom is -0.371 e. The monoisotopic (exact) mass is 367 g/mol. The molecule has 1 fully saturated rings. The largest absolute Gasteiger partial charge is 0.371 e. The van der Waals surface area contributed by atoms with E-state index < -0.39 is 0 Å². The van der Waals surface area contributed by atoms with Crippen molar-refractivity contribution in [3.05, 3.63) is 51.5 Å². The molecular weight excluding hydrogens is 346 g/mol. The van der Waals surface area contributed by atoms with Crippen LogP contribution in [0.15, 0.2) is 29.6 Å². The molecule has 24 heavy (non-hydrogen) atoms. The van der Waals surface area contributed by atoms with Crippen molar-refractivity contribution in [2.75, 3.05) is 6.61 Å². The highest BCUT2D eigenvalue weighted by molar-refractivity contribution is 7.09. The maximum Gasteiger partial charge on any atom is 0.271 e. The lowest BCUT2D eigenvalue weighted by molar-refractivity contribution is -0.00951. The molecule has 0 radical (unpaired) electrons. The summed E-state index contributed by atoms with van der Waals surface area (Å²) in [6.45, 7) is 3.14. The summed E-state index contributed by atoms with van der Waals surface area (Å²) in [7, 11) is 0. The Bertz CT molecular complexity index is 675. The van der Waals surface area contributed by atoms with Crippen LogP contribution in [0, 0.1) is 6.92 Å². The summed E-state index contributed by atoms with van der Waals surface area (Å²) in [5, 5.41) is 5.60. The van der Waals surface area contributed by atoms with Crippen LogP contribution in [0.25, 0.3) is 0 Å². The zero-order chi connectivity index (χ0) is 16.2. The molecule has 1 aliphatic rings. The van der Waals surface area contributed by atoms with Gasteiger partial charge in [0.25, 0.3) is 5.91 Å². The van der Waals surface area contributed by atoms with Crippen LogP contribution in [0.5, 0.6) is 0 Å². The summed E-state index contributed by atoms with van der Waals surface area (Å²) in [6, 6.07) is 8.24. The number of nitrogens with one attached hydrogen (secondary N) is 1. The number of hydrogen-bond donors (Lipinski definition) is 2. The van der Waals surface area contributed by atoms with Gasteiger partial charge in [-0.15, -0.1) is 23.7 Å². The van der Waals surface area contributed by atoms with E-state index in [0.717, 1.165) is 30.0 Å². The van der Waals surface area contributed by atoms with Crippen LogP contribution in [-0.4, -0.2) is 23.5 Å². The van der Waals surface area contributed by atoms with Gasteiger partial charge in [-0.3, -0.25) is 4.79 Å². The third-order valence-corrected chi connectivity index (χ3v) is 4.87. The Labute approximate surface area is 152 Å². The fourth-order valence-electron chi connectivity index (χ4n) is 2.76. The number of nitrogens with zero attached hydrogens (tertiary/aromatic N) is 1. The Hall–Kier alpha value is -1.47. The third-order valence-electron chi connectivity index (χ3n) is 4.00. The molecule has 7 heteroatoms. The molecule has 1 aromatic carbocycles. The Morgan fingerprint density at radius 2 is 2.17 bits per heavy atom. The van der Waals surface area contributed by atoms with Gasteiger partial charge in [0.2, 0.25) is 0 Å². The molecule has 2 heterocycles. The molecule has 2 atom stereocenters. The number of halogens is 1. The van der Waals surface area contributed by atoms with Crippen LogP contribution < -0.4 is 11.1 Å². The number of nitrogens with two attached hydrogens (primary N) is 1. The second-order valence-electron chi connectivity index (χ2n) is 5.75. The second-order valence-corrected chi connectivity index (χ2v) is 6.70. The molecular formula is C17H22ClN3O2S. The minimum atomic E-state index is -0.159. The van der Waals surface area contributed by atoms with Gasteiger partial charge in [-0.25, -0.2) is 4.98 Å². The van der Waals surface area contributed by atoms with E-state index in [1.165, 1.54) is 16.9 Å². The van der Waals surface area contributed by atoms with Crippen molar-refractivity contribution in [1.29, 1.82) is 0 Å². The Kier molecular flexibility index (Phi) is 6.74. The minimum absolute atomic E-state index is 0. The molecule has 5 nitrogen and oxygen atoms in total. The van der Waals surface area contributed by atoms with Crippen molar-refractivity contribution >= 4 is 29.7 Å². The van der Waals surface area contributed by atoms with Gasteiger partial charge < -0.3 is 15.8 Å². The predicted molar refractivity (Wildman–Crippen MR) is 97.6 cm³/mol. The van der Waals surface area contributed by atoms with Crippen molar-refractivity contribution in [3.8, 4) is 0 Å². The summed E-state index contributed by atoms with van der Waals surface area (Å²) in [5.41, 5.74) is 8.30. The molecule has 2 unspecified atom stereocenters. The maximum atomic E-state index is 12.4. The molecule has 0 saturated carbocycles. The number of rotatable bonds is 4. The van der Waals surface area contributed by atoms with Gasteiger partial charge in [0.05, 0.1) is 6.04 Å². The highest BCUT2D eigenvalue weighted by atomic mass is 35.5. The van der Waals surface area contributed by atoms with E-state index in [1.54, 1.807) is 5.38 Å². The summed E-state index contributed by atoms with van der Waals surface area (Å²) >= 11 is 1.41. The molecule has 0 bridgehead atoms. The molecule has 1 aromatic heterocycles. The smallest absolute Gasteiger partial charge is 0.271 e. The highest BCUT2D eigenvalue weighted by Gasteiger charge is 2.29. The van der Waals surface area contributed by atoms with Gasteiger partial charge in [-0.05, 0) is 25.3 Å². The number of carbonyl (C=O) groups excluding carboxylic acids is 1. The standard InChI is InChI=1S/C17H21N3O2S.ClH/c1-11-4-6-12(7-5-11)16-13(3-2-8-22-16)20-17(21)14-10-23-15(9-18)19-14;/h4-7,10,13,16H,2-3,8-9,18H2,1H3,(H,20,21);1H. The van der Waals surface area contributed by atoms with Gasteiger partial charge in [-0.1, -0.05) is 29.8 Å². The van der Waals surface area contributed by atoms with E-state index in [0.29, 0.717) is 12.2 Å². The highest BCUT2D eigenvalue weighted by Crippen LogP contribution is 2.29. The predicted octanol–water partition coefficient (Wildman–Crippen LogP) is 2.98. The lowest BCUT2D eigenvalue weighted by atomic mass is 9.95. The van der Waals surface area contributed by atoms with E-state index in [9.17, 15) is 4.79 Å². The molecule has 3 N–H and O–H groups in total. The summed E-state index contributed by atoms with van der Waals surface area (Å²) < 4.78 is 5.93. The topological polar surface area (TPSA) is 77.2 Å². The van der Waals surface area contributed by atoms with E-state index in [1.807, 2.05) is 0 Å². The number of hydrogen-bond acceptors (Lipinski definition) is 5. The molecule has 1 amide bonds. The lowest BCUT2D eigenvalue weighted by Crippen LogP contribution is -2.42. The van der Waals surface area contributed by atoms with Gasteiger partial charge in [0.1, 0.15) is 16.8 Å². The molecule has 130 valence electrons. The Morgan fingerprint density at radius 3 is 2.83 bits per heavy atom. The summed E-state index contributed by atoms with van der Waals surface area (Å²) in [5.74, 6) is -0.159. The molecule has 2 aromatic rings. The average molecular weight is 368 g/mol. The zero-order valence-corrected chi connectivity index (χ0v) is 15.2. The first-order chi connectivity index (χ1) is 11.2. The fraction of sp³-hybridized carbons (Fsp3) is 0.412. The quantitative estimate of drug-likeness (QED) is 0.870. The Balaban J connectivity index is 0.00000208. The first kappa shape index (κ1) is 18.9. The van der Waals surface area contributed by atoms with Crippen LogP contribution in [0.2, 0.25) is 0 Å². The number of aryl methyl sites for hydroxylation is 1. The van der Waals surface area contributed by atoms with E-state index >= 15 is 0 Å². The number of aromatic nitrogens is 1. The van der Waals surface area contributed by atoms with Crippen LogP contribution >= 0.6 is 23.7 Å². The second kappa shape index (κ2) is 8.58. The third kappa shape index (κ3) is 4.33. The number of ether oxygens (including phenoxy) is 1. The summed E-state index contributed by atoms with van der Waals surface area (Å²) in [4.78, 5) is 16.7. The number of carbonyl (C=O) groups is 1. The van der Waals surface area contributed by atoms with Crippen LogP contribution in [0.3, 0.4) is 0 Å². The molecule has 3 rings (SSSR count). The number of amides is 1. The van der Waals surface area contributed by atoms with E-state index in [-0.39, 0.29) is 30.5 Å². The van der Waals surface area contributed by atoms with Gasteiger partial charge >= 0.3 is 0 Å². The fourth-order valence-corrected chi connectivity index (χ4v) is 3.42. The first-order valence-electron chi connectivity index (χ1n) is 7.81. The molecule has 0 spiro atoms. The average Bonchev–Trinajstić information content (AvgIpc) is 3.05. The number of thiazole rings is 1. The SMILES string of the molecule is Cc1ccc(C2OCCCC2NC(=O)c2csc(CN)n2)cc1.Cl. The van der Waals surface area contributed by atoms with Crippen molar-refractivity contribution < 1.29 is 9.53 Å². The van der Waals surface area contributed by atoms with E-state index in [2.05, 4.69) is 41.5 Å². The van der Waals surface area contributed by atoms with Crippen LogP contribution in [0.4, 0.5) is 0 Å². The van der Waals surface area contributed by atoms with Gasteiger partial charge in [0, 0.05) is 18.5 Å². The lowest BCUT2D eigenvalue weighted by Gasteiger charge is -2.32. The van der Waals surface area contributed by atoms with Gasteiger partial charge in [0.15, 0.2) is 0 Å². The molecule has 1 saturated heterocycles. The van der Waals surface area contributed by atoms with Crippen molar-refractivity contribution in [3.63, 3.8) is 0 Å². The van der Waals surface area contributed by atoms with Gasteiger partial charge in [-0.2, -0.15) is 0 Å². The number of benzene rings is 1. The van der Waals surface area contributed by atoms with Crippen molar-refractivity contribution in [1.82, 2.24) is 10.3 Å². The maximum absolute atomic E-state index is 12.4. The van der Waals surface area contributed by atoms with Crippen LogP contribution in [0.1, 0.15) is 45.6 Å². The van der Waals surface area contributed by atoms with Crippen molar-refractivity contribution in [2.45, 2.75) is 38.5 Å². The first-order valence-corrected chi connectivity index (χ1v) is 8.69. The summed E-state index contributed by atoms with van der Waals surface area (Å²) in [6.07, 6.45) is 1.73. The zero-order valence-electron chi connectivity index (χ0n) is 13.5. The van der Waals surface area contributed by atoms with Crippen LogP contribution in [-0.2, 0) is 11.3 Å². The Morgan fingerprint density at radius 1 is 1.42 bits per heavy atom.